The molecule has 1 aliphatic carbocycles. The largest absolute Gasteiger partial charge is 0.383 e. The van der Waals surface area contributed by atoms with Gasteiger partial charge < -0.3 is 20.3 Å². The minimum atomic E-state index is -0.139. The molecular weight excluding hydrogens is 440 g/mol. The molecule has 3 aromatic carbocycles. The zero-order chi connectivity index (χ0) is 24.4. The summed E-state index contributed by atoms with van der Waals surface area (Å²) in [6.45, 7) is 4.81. The average Bonchev–Trinajstić information content (AvgIpc) is 2.89. The van der Waals surface area contributed by atoms with Gasteiger partial charge in [0.15, 0.2) is 11.6 Å². The lowest BCUT2D eigenvalue weighted by atomic mass is 9.82. The van der Waals surface area contributed by atoms with E-state index in [0.717, 1.165) is 44.2 Å². The second-order valence-electron chi connectivity index (χ2n) is 9.06. The van der Waals surface area contributed by atoms with E-state index in [1.165, 1.54) is 0 Å². The van der Waals surface area contributed by atoms with Crippen molar-refractivity contribution in [3.63, 3.8) is 0 Å². The highest BCUT2D eigenvalue weighted by Gasteiger charge is 2.33. The molecule has 0 spiro atoms. The smallest absolute Gasteiger partial charge is 0.196 e. The Hall–Kier alpha value is -3.68. The van der Waals surface area contributed by atoms with Gasteiger partial charge >= 0.3 is 0 Å². The highest BCUT2D eigenvalue weighted by Crippen LogP contribution is 2.37. The molecule has 0 radical (unpaired) electrons. The van der Waals surface area contributed by atoms with Gasteiger partial charge in [0.2, 0.25) is 0 Å². The van der Waals surface area contributed by atoms with Crippen LogP contribution in [0.4, 0.5) is 22.7 Å². The van der Waals surface area contributed by atoms with Crippen molar-refractivity contribution in [2.45, 2.75) is 0 Å². The van der Waals surface area contributed by atoms with Gasteiger partial charge in [0, 0.05) is 68.5 Å². The van der Waals surface area contributed by atoms with Crippen LogP contribution < -0.4 is 15.5 Å². The molecule has 2 N–H and O–H groups in total. The number of carbonyl (C=O) groups excluding carboxylic acids is 2. The molecule has 0 amide bonds. The second-order valence-corrected chi connectivity index (χ2v) is 9.06. The summed E-state index contributed by atoms with van der Waals surface area (Å²) < 4.78 is 5.42. The predicted molar refractivity (Wildman–Crippen MR) is 140 cm³/mol. The molecule has 180 valence electrons. The molecular formula is C28H30N4O3. The third-order valence-electron chi connectivity index (χ3n) is 6.59. The van der Waals surface area contributed by atoms with E-state index in [2.05, 4.69) is 15.5 Å². The molecule has 1 saturated heterocycles. The maximum atomic E-state index is 13.6. The van der Waals surface area contributed by atoms with Crippen LogP contribution in [0.15, 0.2) is 60.7 Å². The van der Waals surface area contributed by atoms with Crippen LogP contribution in [0.3, 0.4) is 0 Å². The third-order valence-corrected chi connectivity index (χ3v) is 6.59. The molecule has 35 heavy (non-hydrogen) atoms. The predicted octanol–water partition coefficient (Wildman–Crippen LogP) is 4.02. The quantitative estimate of drug-likeness (QED) is 0.423. The van der Waals surface area contributed by atoms with E-state index in [4.69, 9.17) is 4.74 Å². The second kappa shape index (κ2) is 9.90. The summed E-state index contributed by atoms with van der Waals surface area (Å²) in [5, 5.41) is 6.80. The number of morpholine rings is 1. The van der Waals surface area contributed by atoms with Crippen molar-refractivity contribution < 1.29 is 14.3 Å². The molecule has 3 aromatic rings. The molecule has 0 saturated carbocycles. The average molecular weight is 471 g/mol. The Morgan fingerprint density at radius 3 is 2.06 bits per heavy atom. The number of nitrogens with zero attached hydrogens (tertiary/aromatic N) is 2. The summed E-state index contributed by atoms with van der Waals surface area (Å²) in [7, 11) is 3.98. The van der Waals surface area contributed by atoms with Crippen LogP contribution in [0, 0.1) is 0 Å². The third kappa shape index (κ3) is 4.65. The first-order chi connectivity index (χ1) is 17.0. The van der Waals surface area contributed by atoms with Gasteiger partial charge in [-0.3, -0.25) is 14.5 Å². The number of carbonyl (C=O) groups is 2. The topological polar surface area (TPSA) is 73.9 Å². The Morgan fingerprint density at radius 2 is 1.43 bits per heavy atom. The van der Waals surface area contributed by atoms with Crippen molar-refractivity contribution in [3.05, 3.63) is 82.9 Å². The Labute approximate surface area is 205 Å². The normalized spacial score (nSPS) is 15.4. The standard InChI is InChI=1S/C28H30N4O3/c1-31(2)20-9-7-19(8-10-20)30-24-12-11-23(29-13-14-32-15-17-35-18-16-32)25-26(24)28(34)22-6-4-3-5-21(22)27(25)33/h3-12,29-30H,13-18H2,1-2H3. The highest BCUT2D eigenvalue weighted by atomic mass is 16.5. The van der Waals surface area contributed by atoms with Gasteiger partial charge in [0.25, 0.3) is 0 Å². The van der Waals surface area contributed by atoms with Gasteiger partial charge in [0.05, 0.1) is 30.0 Å². The van der Waals surface area contributed by atoms with Gasteiger partial charge in [-0.15, -0.1) is 0 Å². The maximum absolute atomic E-state index is 13.6. The van der Waals surface area contributed by atoms with E-state index in [9.17, 15) is 9.59 Å². The van der Waals surface area contributed by atoms with Crippen LogP contribution in [-0.2, 0) is 4.74 Å². The van der Waals surface area contributed by atoms with Crippen LogP contribution in [0.5, 0.6) is 0 Å². The van der Waals surface area contributed by atoms with E-state index >= 15 is 0 Å². The van der Waals surface area contributed by atoms with Crippen molar-refractivity contribution in [2.24, 2.45) is 0 Å². The van der Waals surface area contributed by atoms with Crippen molar-refractivity contribution in [1.29, 1.82) is 0 Å². The fourth-order valence-corrected chi connectivity index (χ4v) is 4.65. The van der Waals surface area contributed by atoms with Gasteiger partial charge in [-0.05, 0) is 36.4 Å². The SMILES string of the molecule is CN(C)c1ccc(Nc2ccc(NCCN3CCOCC3)c3c2C(=O)c2ccccc2C3=O)cc1. The van der Waals surface area contributed by atoms with Crippen LogP contribution in [-0.4, -0.2) is 70.0 Å². The fourth-order valence-electron chi connectivity index (χ4n) is 4.65. The summed E-state index contributed by atoms with van der Waals surface area (Å²) in [6.07, 6.45) is 0. The fraction of sp³-hybridized carbons (Fsp3) is 0.286. The van der Waals surface area contributed by atoms with Gasteiger partial charge in [0.1, 0.15) is 0 Å². The first-order valence-electron chi connectivity index (χ1n) is 12.0. The summed E-state index contributed by atoms with van der Waals surface area (Å²) in [6, 6.07) is 18.8. The number of fused-ring (bicyclic) bond motifs is 2. The number of anilines is 4. The van der Waals surface area contributed by atoms with Crippen molar-refractivity contribution in [1.82, 2.24) is 4.90 Å². The summed E-state index contributed by atoms with van der Waals surface area (Å²) in [5.41, 5.74) is 5.00. The number of ether oxygens (including phenoxy) is 1. The van der Waals surface area contributed by atoms with E-state index in [-0.39, 0.29) is 11.6 Å². The Kier molecular flexibility index (Phi) is 6.53. The molecule has 1 fully saturated rings. The number of rotatable bonds is 7. The van der Waals surface area contributed by atoms with Crippen molar-refractivity contribution >= 4 is 34.3 Å². The number of benzene rings is 3. The lowest BCUT2D eigenvalue weighted by molar-refractivity contribution is 0.0398. The molecule has 7 heteroatoms. The van der Waals surface area contributed by atoms with E-state index in [0.29, 0.717) is 40.2 Å². The molecule has 0 unspecified atom stereocenters. The highest BCUT2D eigenvalue weighted by molar-refractivity contribution is 6.32. The lowest BCUT2D eigenvalue weighted by Crippen LogP contribution is -2.39. The maximum Gasteiger partial charge on any atom is 0.196 e. The Balaban J connectivity index is 1.48. The van der Waals surface area contributed by atoms with Gasteiger partial charge in [-0.1, -0.05) is 24.3 Å². The molecule has 0 bridgehead atoms. The Bertz CT molecular complexity index is 1250. The first-order valence-corrected chi connectivity index (χ1v) is 12.0. The molecule has 0 atom stereocenters. The summed E-state index contributed by atoms with van der Waals surface area (Å²) in [5.74, 6) is -0.268. The molecule has 7 nitrogen and oxygen atoms in total. The minimum Gasteiger partial charge on any atom is -0.383 e. The van der Waals surface area contributed by atoms with E-state index in [1.54, 1.807) is 24.3 Å². The monoisotopic (exact) mass is 470 g/mol. The molecule has 0 aromatic heterocycles. The van der Waals surface area contributed by atoms with Crippen LogP contribution in [0.2, 0.25) is 0 Å². The van der Waals surface area contributed by atoms with Gasteiger partial charge in [-0.2, -0.15) is 0 Å². The van der Waals surface area contributed by atoms with Crippen molar-refractivity contribution in [3.8, 4) is 0 Å². The number of hydrogen-bond donors (Lipinski definition) is 2. The lowest BCUT2D eigenvalue weighted by Gasteiger charge is -2.27. The minimum absolute atomic E-state index is 0.129. The molecule has 5 rings (SSSR count). The zero-order valence-corrected chi connectivity index (χ0v) is 20.1. The molecule has 1 heterocycles. The van der Waals surface area contributed by atoms with E-state index in [1.807, 2.05) is 55.4 Å². The zero-order valence-electron chi connectivity index (χ0n) is 20.1. The van der Waals surface area contributed by atoms with Crippen LogP contribution >= 0.6 is 0 Å². The van der Waals surface area contributed by atoms with Crippen LogP contribution in [0.25, 0.3) is 0 Å². The summed E-state index contributed by atoms with van der Waals surface area (Å²) >= 11 is 0. The number of hydrogen-bond acceptors (Lipinski definition) is 7. The van der Waals surface area contributed by atoms with Crippen LogP contribution in [0.1, 0.15) is 31.8 Å². The number of ketones is 2. The molecule has 1 aliphatic heterocycles. The Morgan fingerprint density at radius 1 is 0.829 bits per heavy atom. The van der Waals surface area contributed by atoms with Crippen molar-refractivity contribution in [2.75, 3.05) is 69.0 Å². The first kappa shape index (κ1) is 23.1. The summed E-state index contributed by atoms with van der Waals surface area (Å²) in [4.78, 5) is 31.6. The molecule has 2 aliphatic rings. The van der Waals surface area contributed by atoms with E-state index < -0.39 is 0 Å². The number of nitrogens with one attached hydrogen (secondary N) is 2. The van der Waals surface area contributed by atoms with Gasteiger partial charge in [-0.25, -0.2) is 0 Å².